The molecular weight excluding hydrogens is 601 g/mol. The molecule has 1 aliphatic rings. The summed E-state index contributed by atoms with van der Waals surface area (Å²) in [5.41, 5.74) is 9.07. The lowest BCUT2D eigenvalue weighted by Gasteiger charge is -2.12. The molecule has 0 saturated heterocycles. The van der Waals surface area contributed by atoms with Crippen molar-refractivity contribution in [2.45, 2.75) is 19.8 Å². The number of hydrogen-bond donors (Lipinski definition) is 0. The number of aliphatic imine (C=N–C) groups is 2. The number of nitrogens with zero attached hydrogens (tertiary/aromatic N) is 2. The average molecular weight is 633 g/mol. The SMILES string of the molecule is CCC1=C(c2ccc3sc4ccc5ccccc5c4c3c2)N=C(c2ccccc2)N=C(c2ccc(-c3ccc4ccccc4c3)cc2)C1. The van der Waals surface area contributed by atoms with Gasteiger partial charge in [0, 0.05) is 37.7 Å². The van der Waals surface area contributed by atoms with Gasteiger partial charge in [-0.2, -0.15) is 0 Å². The summed E-state index contributed by atoms with van der Waals surface area (Å²) in [7, 11) is 0. The van der Waals surface area contributed by atoms with Crippen molar-refractivity contribution in [1.29, 1.82) is 0 Å². The summed E-state index contributed by atoms with van der Waals surface area (Å²) in [5, 5.41) is 7.70. The van der Waals surface area contributed by atoms with Gasteiger partial charge in [-0.1, -0.05) is 134 Å². The van der Waals surface area contributed by atoms with Crippen LogP contribution in [-0.4, -0.2) is 11.5 Å². The predicted molar refractivity (Wildman–Crippen MR) is 208 cm³/mol. The van der Waals surface area contributed by atoms with Crippen molar-refractivity contribution in [1.82, 2.24) is 0 Å². The first-order valence-electron chi connectivity index (χ1n) is 16.6. The smallest absolute Gasteiger partial charge is 0.160 e. The van der Waals surface area contributed by atoms with Crippen molar-refractivity contribution in [3.8, 4) is 11.1 Å². The van der Waals surface area contributed by atoms with E-state index in [0.717, 1.165) is 46.8 Å². The number of rotatable bonds is 5. The van der Waals surface area contributed by atoms with Crippen LogP contribution in [0, 0.1) is 0 Å². The zero-order valence-electron chi connectivity index (χ0n) is 26.7. The summed E-state index contributed by atoms with van der Waals surface area (Å²) in [4.78, 5) is 10.7. The molecule has 2 heterocycles. The van der Waals surface area contributed by atoms with Gasteiger partial charge in [-0.3, -0.25) is 0 Å². The predicted octanol–water partition coefficient (Wildman–Crippen LogP) is 12.5. The van der Waals surface area contributed by atoms with Gasteiger partial charge in [0.15, 0.2) is 5.84 Å². The van der Waals surface area contributed by atoms with E-state index in [1.165, 1.54) is 58.4 Å². The van der Waals surface area contributed by atoms with Crippen molar-refractivity contribution in [2.75, 3.05) is 0 Å². The van der Waals surface area contributed by atoms with E-state index in [2.05, 4.69) is 153 Å². The van der Waals surface area contributed by atoms with Crippen LogP contribution < -0.4 is 0 Å². The van der Waals surface area contributed by atoms with E-state index in [0.29, 0.717) is 0 Å². The van der Waals surface area contributed by atoms with E-state index in [1.807, 2.05) is 17.4 Å². The number of fused-ring (bicyclic) bond motifs is 6. The van der Waals surface area contributed by atoms with Crippen LogP contribution >= 0.6 is 11.3 Å². The van der Waals surface area contributed by atoms with Gasteiger partial charge >= 0.3 is 0 Å². The molecule has 0 amide bonds. The van der Waals surface area contributed by atoms with Crippen molar-refractivity contribution in [3.63, 3.8) is 0 Å². The number of amidine groups is 1. The molecule has 0 bridgehead atoms. The second kappa shape index (κ2) is 11.9. The van der Waals surface area contributed by atoms with Gasteiger partial charge in [-0.15, -0.1) is 11.3 Å². The second-order valence-corrected chi connectivity index (χ2v) is 13.5. The Morgan fingerprint density at radius 1 is 0.500 bits per heavy atom. The lowest BCUT2D eigenvalue weighted by Crippen LogP contribution is -2.06. The highest BCUT2D eigenvalue weighted by Crippen LogP contribution is 2.41. The Kier molecular flexibility index (Phi) is 7.06. The molecule has 48 heavy (non-hydrogen) atoms. The largest absolute Gasteiger partial charge is 0.232 e. The zero-order valence-corrected chi connectivity index (χ0v) is 27.5. The third kappa shape index (κ3) is 5.04. The molecule has 2 nitrogen and oxygen atoms in total. The fourth-order valence-corrected chi connectivity index (χ4v) is 8.13. The Bertz CT molecular complexity index is 2600. The molecule has 0 aliphatic carbocycles. The normalized spacial score (nSPS) is 13.7. The standard InChI is InChI=1S/C45H32N2S/c1-2-29-28-40(33-19-16-31(17-20-33)36-21-18-30-10-6-7-14-35(30)26-36)46-45(34-12-4-3-5-13-34)47-44(29)37-23-24-41-39(27-37)43-38-15-9-8-11-32(38)22-25-42(43)48-41/h3-27H,2,28H2,1H3. The first-order valence-corrected chi connectivity index (χ1v) is 17.4. The van der Waals surface area contributed by atoms with Gasteiger partial charge in [0.05, 0.1) is 11.4 Å². The summed E-state index contributed by atoms with van der Waals surface area (Å²) < 4.78 is 2.62. The van der Waals surface area contributed by atoms with E-state index < -0.39 is 0 Å². The Balaban J connectivity index is 1.16. The molecule has 3 heteroatoms. The van der Waals surface area contributed by atoms with Crippen LogP contribution in [0.3, 0.4) is 0 Å². The third-order valence-corrected chi connectivity index (χ3v) is 10.7. The highest BCUT2D eigenvalue weighted by molar-refractivity contribution is 7.26. The molecule has 0 radical (unpaired) electrons. The maximum Gasteiger partial charge on any atom is 0.160 e. The Morgan fingerprint density at radius 2 is 1.17 bits per heavy atom. The maximum absolute atomic E-state index is 5.38. The van der Waals surface area contributed by atoms with Crippen LogP contribution in [0.2, 0.25) is 0 Å². The molecule has 9 rings (SSSR count). The molecule has 0 saturated carbocycles. The third-order valence-electron chi connectivity index (χ3n) is 9.57. The molecule has 1 aliphatic heterocycles. The Labute approximate surface area is 284 Å². The van der Waals surface area contributed by atoms with Gasteiger partial charge in [0.25, 0.3) is 0 Å². The molecule has 7 aromatic carbocycles. The molecule has 0 N–H and O–H groups in total. The molecule has 1 aromatic heterocycles. The summed E-state index contributed by atoms with van der Waals surface area (Å²) >= 11 is 1.86. The number of thiophene rings is 1. The average Bonchev–Trinajstić information content (AvgIpc) is 3.42. The van der Waals surface area contributed by atoms with Crippen molar-refractivity contribution in [2.24, 2.45) is 9.98 Å². The quantitative estimate of drug-likeness (QED) is 0.180. The highest BCUT2D eigenvalue weighted by atomic mass is 32.1. The summed E-state index contributed by atoms with van der Waals surface area (Å²) in [6, 6.07) is 54.6. The van der Waals surface area contributed by atoms with Crippen molar-refractivity contribution >= 4 is 70.3 Å². The van der Waals surface area contributed by atoms with Crippen LogP contribution in [-0.2, 0) is 0 Å². The zero-order chi connectivity index (χ0) is 32.0. The first-order chi connectivity index (χ1) is 23.7. The van der Waals surface area contributed by atoms with Crippen LogP contribution in [0.5, 0.6) is 0 Å². The Hall–Kier alpha value is -5.64. The van der Waals surface area contributed by atoms with Gasteiger partial charge in [0.2, 0.25) is 0 Å². The monoisotopic (exact) mass is 632 g/mol. The summed E-state index contributed by atoms with van der Waals surface area (Å²) in [6.45, 7) is 2.24. The van der Waals surface area contributed by atoms with E-state index in [9.17, 15) is 0 Å². The molecule has 0 fully saturated rings. The van der Waals surface area contributed by atoms with Gasteiger partial charge in [0.1, 0.15) is 0 Å². The number of hydrogen-bond acceptors (Lipinski definition) is 3. The minimum absolute atomic E-state index is 0.742. The van der Waals surface area contributed by atoms with Gasteiger partial charge in [-0.25, -0.2) is 9.98 Å². The number of allylic oxidation sites excluding steroid dienone is 1. The molecule has 0 spiro atoms. The second-order valence-electron chi connectivity index (χ2n) is 12.5. The van der Waals surface area contributed by atoms with Gasteiger partial charge < -0.3 is 0 Å². The van der Waals surface area contributed by atoms with Crippen LogP contribution in [0.15, 0.2) is 167 Å². The molecule has 0 atom stereocenters. The molecular formula is C45H32N2S. The minimum Gasteiger partial charge on any atom is -0.232 e. The van der Waals surface area contributed by atoms with Gasteiger partial charge in [-0.05, 0) is 74.5 Å². The van der Waals surface area contributed by atoms with Crippen LogP contribution in [0.25, 0.3) is 58.5 Å². The van der Waals surface area contributed by atoms with Crippen molar-refractivity contribution in [3.05, 3.63) is 174 Å². The molecule has 8 aromatic rings. The molecule has 228 valence electrons. The van der Waals surface area contributed by atoms with Crippen molar-refractivity contribution < 1.29 is 0 Å². The fraction of sp³-hybridized carbons (Fsp3) is 0.0667. The van der Waals surface area contributed by atoms with E-state index in [4.69, 9.17) is 9.98 Å². The first kappa shape index (κ1) is 28.6. The van der Waals surface area contributed by atoms with E-state index in [1.54, 1.807) is 0 Å². The maximum atomic E-state index is 5.38. The number of benzene rings is 7. The molecule has 0 unspecified atom stereocenters. The van der Waals surface area contributed by atoms with E-state index >= 15 is 0 Å². The lowest BCUT2D eigenvalue weighted by molar-refractivity contribution is 1.05. The topological polar surface area (TPSA) is 24.7 Å². The summed E-state index contributed by atoms with van der Waals surface area (Å²) in [5.74, 6) is 0.753. The van der Waals surface area contributed by atoms with Crippen LogP contribution in [0.4, 0.5) is 0 Å². The summed E-state index contributed by atoms with van der Waals surface area (Å²) in [6.07, 6.45) is 1.63. The Morgan fingerprint density at radius 3 is 2.00 bits per heavy atom. The fourth-order valence-electron chi connectivity index (χ4n) is 7.03. The van der Waals surface area contributed by atoms with E-state index in [-0.39, 0.29) is 0 Å². The van der Waals surface area contributed by atoms with Crippen LogP contribution in [0.1, 0.15) is 36.5 Å². The minimum atomic E-state index is 0.742. The highest BCUT2D eigenvalue weighted by Gasteiger charge is 2.20. The lowest BCUT2D eigenvalue weighted by atomic mass is 9.94.